The molecule has 3 rings (SSSR count). The highest BCUT2D eigenvalue weighted by Crippen LogP contribution is 2.19. The molecule has 0 spiro atoms. The van der Waals surface area contributed by atoms with Crippen LogP contribution >= 0.6 is 0 Å². The fourth-order valence-electron chi connectivity index (χ4n) is 2.23. The Morgan fingerprint density at radius 3 is 2.55 bits per heavy atom. The Balaban J connectivity index is 1.64. The topological polar surface area (TPSA) is 48.7 Å². The van der Waals surface area contributed by atoms with Crippen molar-refractivity contribution in [1.29, 1.82) is 0 Å². The Morgan fingerprint density at radius 2 is 1.82 bits per heavy atom. The third-order valence-electron chi connectivity index (χ3n) is 3.32. The number of benzene rings is 2. The Kier molecular flexibility index (Phi) is 4.21. The van der Waals surface area contributed by atoms with E-state index in [0.717, 1.165) is 16.5 Å². The second-order valence-corrected chi connectivity index (χ2v) is 4.96. The van der Waals surface area contributed by atoms with Crippen LogP contribution in [-0.2, 0) is 22.7 Å². The second-order valence-electron chi connectivity index (χ2n) is 4.96. The molecule has 0 saturated carbocycles. The lowest BCUT2D eigenvalue weighted by Crippen LogP contribution is -2.05. The van der Waals surface area contributed by atoms with Gasteiger partial charge in [0.15, 0.2) is 0 Å². The predicted molar refractivity (Wildman–Crippen MR) is 82.5 cm³/mol. The lowest BCUT2D eigenvalue weighted by atomic mass is 10.1. The van der Waals surface area contributed by atoms with Gasteiger partial charge in [-0.2, -0.15) is 0 Å². The van der Waals surface area contributed by atoms with E-state index in [1.54, 1.807) is 19.2 Å². The minimum absolute atomic E-state index is 0.118. The molecule has 0 N–H and O–H groups in total. The first-order valence-electron chi connectivity index (χ1n) is 6.99. The summed E-state index contributed by atoms with van der Waals surface area (Å²) in [7, 11) is 1.63. The van der Waals surface area contributed by atoms with Crippen molar-refractivity contribution >= 4 is 16.9 Å². The molecule has 0 atom stereocenters. The Hall–Kier alpha value is -2.59. The summed E-state index contributed by atoms with van der Waals surface area (Å²) in [5, 5.41) is 0.998. The normalized spacial score (nSPS) is 10.8. The summed E-state index contributed by atoms with van der Waals surface area (Å²) in [5.41, 5.74) is 2.31. The number of esters is 1. The molecule has 1 aromatic heterocycles. The summed E-state index contributed by atoms with van der Waals surface area (Å²) < 4.78 is 15.9. The van der Waals surface area contributed by atoms with Crippen molar-refractivity contribution in [2.45, 2.75) is 13.2 Å². The average Bonchev–Trinajstić information content (AvgIpc) is 2.96. The molecule has 0 radical (unpaired) electrons. The Morgan fingerprint density at radius 1 is 1.05 bits per heavy atom. The molecule has 22 heavy (non-hydrogen) atoms. The number of ether oxygens (including phenoxy) is 2. The molecule has 1 heterocycles. The molecule has 2 aromatic carbocycles. The number of fused-ring (bicyclic) bond motifs is 1. The van der Waals surface area contributed by atoms with Crippen LogP contribution in [0.25, 0.3) is 11.0 Å². The molecular formula is C18H16O4. The fraction of sp³-hybridized carbons (Fsp3) is 0.167. The third-order valence-corrected chi connectivity index (χ3v) is 3.32. The van der Waals surface area contributed by atoms with E-state index in [9.17, 15) is 4.79 Å². The molecule has 0 amide bonds. The van der Waals surface area contributed by atoms with Crippen molar-refractivity contribution < 1.29 is 18.7 Å². The van der Waals surface area contributed by atoms with Crippen LogP contribution in [0.5, 0.6) is 0 Å². The number of hydrogen-bond donors (Lipinski definition) is 0. The van der Waals surface area contributed by atoms with Crippen LogP contribution in [-0.4, -0.2) is 13.1 Å². The van der Waals surface area contributed by atoms with E-state index in [2.05, 4.69) is 0 Å². The summed E-state index contributed by atoms with van der Waals surface area (Å²) >= 11 is 0. The van der Waals surface area contributed by atoms with Crippen molar-refractivity contribution in [3.05, 3.63) is 71.5 Å². The molecular weight excluding hydrogens is 280 g/mol. The van der Waals surface area contributed by atoms with E-state index in [0.29, 0.717) is 17.9 Å². The molecule has 3 aromatic rings. The standard InChI is InChI=1S/C18H16O4/c1-20-11-13-6-8-14(9-7-13)18(19)21-12-16-10-15-4-2-3-5-17(15)22-16/h2-10H,11-12H2,1H3. The average molecular weight is 296 g/mol. The van der Waals surface area contributed by atoms with Crippen molar-refractivity contribution in [3.8, 4) is 0 Å². The number of rotatable bonds is 5. The quantitative estimate of drug-likeness (QED) is 0.669. The van der Waals surface area contributed by atoms with Crippen LogP contribution in [0.15, 0.2) is 59.0 Å². The van der Waals surface area contributed by atoms with Crippen LogP contribution in [0.1, 0.15) is 21.7 Å². The summed E-state index contributed by atoms with van der Waals surface area (Å²) in [5.74, 6) is 0.259. The lowest BCUT2D eigenvalue weighted by molar-refractivity contribution is 0.0447. The van der Waals surface area contributed by atoms with Crippen LogP contribution in [0.3, 0.4) is 0 Å². The zero-order valence-electron chi connectivity index (χ0n) is 12.2. The van der Waals surface area contributed by atoms with E-state index in [4.69, 9.17) is 13.9 Å². The number of para-hydroxylation sites is 1. The lowest BCUT2D eigenvalue weighted by Gasteiger charge is -2.04. The van der Waals surface area contributed by atoms with Crippen molar-refractivity contribution in [2.75, 3.05) is 7.11 Å². The number of carbonyl (C=O) groups excluding carboxylic acids is 1. The highest BCUT2D eigenvalue weighted by Gasteiger charge is 2.09. The van der Waals surface area contributed by atoms with Gasteiger partial charge < -0.3 is 13.9 Å². The molecule has 0 aliphatic heterocycles. The highest BCUT2D eigenvalue weighted by molar-refractivity contribution is 5.89. The molecule has 0 bridgehead atoms. The molecule has 0 unspecified atom stereocenters. The van der Waals surface area contributed by atoms with Gasteiger partial charge in [-0.1, -0.05) is 30.3 Å². The first kappa shape index (κ1) is 14.4. The summed E-state index contributed by atoms with van der Waals surface area (Å²) in [4.78, 5) is 12.0. The second kappa shape index (κ2) is 6.45. The molecule has 112 valence electrons. The number of hydrogen-bond acceptors (Lipinski definition) is 4. The summed E-state index contributed by atoms with van der Waals surface area (Å²) in [6, 6.07) is 16.7. The summed E-state index contributed by atoms with van der Waals surface area (Å²) in [6.45, 7) is 0.641. The molecule has 0 saturated heterocycles. The van der Waals surface area contributed by atoms with Gasteiger partial charge in [0.05, 0.1) is 12.2 Å². The number of carbonyl (C=O) groups is 1. The zero-order chi connectivity index (χ0) is 15.4. The van der Waals surface area contributed by atoms with E-state index >= 15 is 0 Å². The number of methoxy groups -OCH3 is 1. The maximum absolute atomic E-state index is 12.0. The van der Waals surface area contributed by atoms with Gasteiger partial charge in [-0.25, -0.2) is 4.79 Å². The minimum atomic E-state index is -0.371. The van der Waals surface area contributed by atoms with Crippen LogP contribution in [0, 0.1) is 0 Å². The predicted octanol–water partition coefficient (Wildman–Crippen LogP) is 3.94. The molecule has 4 heteroatoms. The van der Waals surface area contributed by atoms with Gasteiger partial charge in [0.2, 0.25) is 0 Å². The van der Waals surface area contributed by atoms with E-state index in [1.165, 1.54) is 0 Å². The molecule has 0 fully saturated rings. The first-order chi connectivity index (χ1) is 10.8. The van der Waals surface area contributed by atoms with Gasteiger partial charge in [0.25, 0.3) is 0 Å². The van der Waals surface area contributed by atoms with E-state index in [-0.39, 0.29) is 12.6 Å². The van der Waals surface area contributed by atoms with Crippen LogP contribution in [0.4, 0.5) is 0 Å². The van der Waals surface area contributed by atoms with E-state index in [1.807, 2.05) is 42.5 Å². The summed E-state index contributed by atoms with van der Waals surface area (Å²) in [6.07, 6.45) is 0. The first-order valence-corrected chi connectivity index (χ1v) is 6.99. The van der Waals surface area contributed by atoms with Gasteiger partial charge >= 0.3 is 5.97 Å². The van der Waals surface area contributed by atoms with Gasteiger partial charge in [0.1, 0.15) is 18.0 Å². The highest BCUT2D eigenvalue weighted by atomic mass is 16.5. The monoisotopic (exact) mass is 296 g/mol. The van der Waals surface area contributed by atoms with Crippen molar-refractivity contribution in [2.24, 2.45) is 0 Å². The zero-order valence-corrected chi connectivity index (χ0v) is 12.2. The number of furan rings is 1. The SMILES string of the molecule is COCc1ccc(C(=O)OCc2cc3ccccc3o2)cc1. The van der Waals surface area contributed by atoms with E-state index < -0.39 is 0 Å². The third kappa shape index (κ3) is 3.18. The van der Waals surface area contributed by atoms with Gasteiger partial charge in [-0.3, -0.25) is 0 Å². The van der Waals surface area contributed by atoms with Crippen molar-refractivity contribution in [1.82, 2.24) is 0 Å². The Bertz CT molecular complexity index is 738. The van der Waals surface area contributed by atoms with Gasteiger partial charge in [0, 0.05) is 12.5 Å². The minimum Gasteiger partial charge on any atom is -0.457 e. The largest absolute Gasteiger partial charge is 0.457 e. The fourth-order valence-corrected chi connectivity index (χ4v) is 2.23. The molecule has 0 aliphatic rings. The Labute approximate surface area is 128 Å². The molecule has 0 aliphatic carbocycles. The van der Waals surface area contributed by atoms with Gasteiger partial charge in [-0.05, 0) is 29.8 Å². The maximum Gasteiger partial charge on any atom is 0.338 e. The maximum atomic E-state index is 12.0. The van der Waals surface area contributed by atoms with Crippen molar-refractivity contribution in [3.63, 3.8) is 0 Å². The molecule has 4 nitrogen and oxygen atoms in total. The van der Waals surface area contributed by atoms with Crippen LogP contribution in [0.2, 0.25) is 0 Å². The van der Waals surface area contributed by atoms with Crippen LogP contribution < -0.4 is 0 Å². The van der Waals surface area contributed by atoms with Gasteiger partial charge in [-0.15, -0.1) is 0 Å². The smallest absolute Gasteiger partial charge is 0.338 e.